The van der Waals surface area contributed by atoms with E-state index in [-0.39, 0.29) is 17.6 Å². The third-order valence-corrected chi connectivity index (χ3v) is 4.53. The summed E-state index contributed by atoms with van der Waals surface area (Å²) in [6.07, 6.45) is 1.69. The van der Waals surface area contributed by atoms with Gasteiger partial charge in [0.2, 0.25) is 0 Å². The second kappa shape index (κ2) is 7.05. The molecule has 0 spiro atoms. The summed E-state index contributed by atoms with van der Waals surface area (Å²) < 4.78 is 8.76. The summed E-state index contributed by atoms with van der Waals surface area (Å²) in [4.78, 5) is 0. The number of hydrogen-bond acceptors (Lipinski definition) is 3. The molecular formula is C15H28BrN3O. The summed E-state index contributed by atoms with van der Waals surface area (Å²) in [5, 5.41) is 4.62. The van der Waals surface area contributed by atoms with Crippen molar-refractivity contribution in [3.05, 3.63) is 15.9 Å². The first kappa shape index (κ1) is 17.7. The van der Waals surface area contributed by atoms with Gasteiger partial charge in [0.25, 0.3) is 0 Å². The third kappa shape index (κ3) is 3.83. The number of aromatic nitrogens is 2. The Labute approximate surface area is 131 Å². The minimum absolute atomic E-state index is 0.0136. The summed E-state index contributed by atoms with van der Waals surface area (Å²) in [5.74, 6) is 0. The highest BCUT2D eigenvalue weighted by atomic mass is 79.9. The van der Waals surface area contributed by atoms with Crippen LogP contribution in [0.5, 0.6) is 0 Å². The zero-order chi connectivity index (χ0) is 15.5. The van der Waals surface area contributed by atoms with Crippen molar-refractivity contribution in [3.63, 3.8) is 0 Å². The number of halogens is 1. The van der Waals surface area contributed by atoms with Crippen molar-refractivity contribution in [2.24, 2.45) is 11.1 Å². The largest absolute Gasteiger partial charge is 0.379 e. The summed E-state index contributed by atoms with van der Waals surface area (Å²) in [5.41, 5.74) is 8.69. The molecule has 0 saturated carbocycles. The van der Waals surface area contributed by atoms with Crippen LogP contribution >= 0.6 is 15.9 Å². The Morgan fingerprint density at radius 3 is 2.35 bits per heavy atom. The number of methoxy groups -OCH3 is 1. The molecule has 1 heterocycles. The number of rotatable bonds is 6. The first-order chi connectivity index (χ1) is 9.26. The maximum atomic E-state index is 6.40. The second-order valence-electron chi connectivity index (χ2n) is 6.27. The lowest BCUT2D eigenvalue weighted by Gasteiger charge is -2.34. The van der Waals surface area contributed by atoms with Crippen LogP contribution in [0.2, 0.25) is 0 Å². The molecule has 0 bridgehead atoms. The lowest BCUT2D eigenvalue weighted by Crippen LogP contribution is -2.46. The molecule has 1 rings (SSSR count). The molecule has 0 amide bonds. The van der Waals surface area contributed by atoms with Gasteiger partial charge in [-0.3, -0.25) is 4.68 Å². The van der Waals surface area contributed by atoms with Crippen LogP contribution in [0.4, 0.5) is 0 Å². The average molecular weight is 346 g/mol. The fraction of sp³-hybridized carbons (Fsp3) is 0.800. The van der Waals surface area contributed by atoms with Gasteiger partial charge in [-0.1, -0.05) is 27.7 Å². The molecule has 0 saturated heterocycles. The SMILES string of the molecule is CCc1nn(CC)c(CC(N)C(OC)C(C)(C)C)c1Br. The van der Waals surface area contributed by atoms with Gasteiger partial charge in [-0.2, -0.15) is 5.10 Å². The van der Waals surface area contributed by atoms with Gasteiger partial charge in [-0.25, -0.2) is 0 Å². The van der Waals surface area contributed by atoms with Crippen LogP contribution in [0, 0.1) is 5.41 Å². The number of nitrogens with two attached hydrogens (primary N) is 1. The summed E-state index contributed by atoms with van der Waals surface area (Å²) in [7, 11) is 1.74. The Balaban J connectivity index is 3.00. The highest BCUT2D eigenvalue weighted by Crippen LogP contribution is 2.28. The van der Waals surface area contributed by atoms with Crippen molar-refractivity contribution in [1.82, 2.24) is 9.78 Å². The fourth-order valence-electron chi connectivity index (χ4n) is 2.71. The van der Waals surface area contributed by atoms with E-state index in [0.29, 0.717) is 0 Å². The van der Waals surface area contributed by atoms with E-state index in [4.69, 9.17) is 10.5 Å². The summed E-state index contributed by atoms with van der Waals surface area (Å²) in [6, 6.07) is -0.0528. The van der Waals surface area contributed by atoms with Crippen LogP contribution in [0.25, 0.3) is 0 Å². The van der Waals surface area contributed by atoms with Crippen molar-refractivity contribution in [1.29, 1.82) is 0 Å². The molecule has 2 atom stereocenters. The van der Waals surface area contributed by atoms with Crippen molar-refractivity contribution in [3.8, 4) is 0 Å². The van der Waals surface area contributed by atoms with E-state index in [2.05, 4.69) is 55.6 Å². The predicted octanol–water partition coefficient (Wildman–Crippen LogP) is 3.16. The molecule has 0 aliphatic carbocycles. The second-order valence-corrected chi connectivity index (χ2v) is 7.06. The van der Waals surface area contributed by atoms with Crippen LogP contribution in [0.15, 0.2) is 4.47 Å². The van der Waals surface area contributed by atoms with E-state index in [1.807, 2.05) is 4.68 Å². The standard InChI is InChI=1S/C15H28BrN3O/c1-7-11-13(16)12(19(8-2)18-11)9-10(17)14(20-6)15(3,4)5/h10,14H,7-9,17H2,1-6H3. The van der Waals surface area contributed by atoms with E-state index < -0.39 is 0 Å². The van der Waals surface area contributed by atoms with Crippen LogP contribution in [0.1, 0.15) is 46.0 Å². The van der Waals surface area contributed by atoms with Crippen molar-refractivity contribution < 1.29 is 4.74 Å². The maximum absolute atomic E-state index is 6.40. The molecule has 2 unspecified atom stereocenters. The first-order valence-electron chi connectivity index (χ1n) is 7.28. The van der Waals surface area contributed by atoms with Crippen LogP contribution < -0.4 is 5.73 Å². The van der Waals surface area contributed by atoms with E-state index in [0.717, 1.165) is 29.6 Å². The van der Waals surface area contributed by atoms with Gasteiger partial charge < -0.3 is 10.5 Å². The van der Waals surface area contributed by atoms with Crippen LogP contribution in [0.3, 0.4) is 0 Å². The van der Waals surface area contributed by atoms with Crippen LogP contribution in [-0.2, 0) is 24.1 Å². The molecule has 0 aromatic carbocycles. The molecule has 0 aliphatic heterocycles. The average Bonchev–Trinajstić information content (AvgIpc) is 2.65. The molecule has 116 valence electrons. The predicted molar refractivity (Wildman–Crippen MR) is 86.9 cm³/mol. The number of ether oxygens (including phenoxy) is 1. The lowest BCUT2D eigenvalue weighted by atomic mass is 9.83. The van der Waals surface area contributed by atoms with Crippen LogP contribution in [-0.4, -0.2) is 29.0 Å². The Hall–Kier alpha value is -0.390. The molecule has 2 N–H and O–H groups in total. The van der Waals surface area contributed by atoms with Gasteiger partial charge in [0.15, 0.2) is 0 Å². The molecule has 1 aromatic heterocycles. The molecule has 4 nitrogen and oxygen atoms in total. The van der Waals surface area contributed by atoms with E-state index >= 15 is 0 Å². The van der Waals surface area contributed by atoms with Gasteiger partial charge >= 0.3 is 0 Å². The van der Waals surface area contributed by atoms with Crippen molar-refractivity contribution in [2.75, 3.05) is 7.11 Å². The van der Waals surface area contributed by atoms with Gasteiger partial charge in [-0.05, 0) is 34.7 Å². The smallest absolute Gasteiger partial charge is 0.0774 e. The minimum Gasteiger partial charge on any atom is -0.379 e. The Kier molecular flexibility index (Phi) is 6.23. The Bertz CT molecular complexity index is 437. The quantitative estimate of drug-likeness (QED) is 0.861. The van der Waals surface area contributed by atoms with Gasteiger partial charge in [-0.15, -0.1) is 0 Å². The fourth-order valence-corrected chi connectivity index (χ4v) is 3.44. The third-order valence-electron chi connectivity index (χ3n) is 3.62. The maximum Gasteiger partial charge on any atom is 0.0774 e. The Morgan fingerprint density at radius 2 is 1.95 bits per heavy atom. The number of hydrogen-bond donors (Lipinski definition) is 1. The molecule has 1 aromatic rings. The first-order valence-corrected chi connectivity index (χ1v) is 8.07. The zero-order valence-electron chi connectivity index (χ0n) is 13.5. The van der Waals surface area contributed by atoms with Crippen molar-refractivity contribution >= 4 is 15.9 Å². The van der Waals surface area contributed by atoms with Gasteiger partial charge in [0.05, 0.1) is 22.0 Å². The highest BCUT2D eigenvalue weighted by molar-refractivity contribution is 9.10. The molecule has 0 fully saturated rings. The zero-order valence-corrected chi connectivity index (χ0v) is 15.1. The number of nitrogens with zero attached hydrogens (tertiary/aromatic N) is 2. The normalized spacial score (nSPS) is 15.4. The van der Waals surface area contributed by atoms with Gasteiger partial charge in [0, 0.05) is 26.1 Å². The molecule has 0 radical (unpaired) electrons. The Morgan fingerprint density at radius 1 is 1.35 bits per heavy atom. The van der Waals surface area contributed by atoms with E-state index in [9.17, 15) is 0 Å². The van der Waals surface area contributed by atoms with E-state index in [1.54, 1.807) is 7.11 Å². The lowest BCUT2D eigenvalue weighted by molar-refractivity contribution is -0.00207. The van der Waals surface area contributed by atoms with E-state index in [1.165, 1.54) is 5.69 Å². The van der Waals surface area contributed by atoms with Gasteiger partial charge in [0.1, 0.15) is 0 Å². The topological polar surface area (TPSA) is 53.1 Å². The molecule has 5 heteroatoms. The van der Waals surface area contributed by atoms with Crippen molar-refractivity contribution in [2.45, 2.75) is 66.2 Å². The highest BCUT2D eigenvalue weighted by Gasteiger charge is 2.31. The molecule has 20 heavy (non-hydrogen) atoms. The molecular weight excluding hydrogens is 318 g/mol. The summed E-state index contributed by atoms with van der Waals surface area (Å²) in [6.45, 7) is 11.5. The monoisotopic (exact) mass is 345 g/mol. The number of aryl methyl sites for hydroxylation is 2. The summed E-state index contributed by atoms with van der Waals surface area (Å²) >= 11 is 3.67. The minimum atomic E-state index is -0.0528. The molecule has 0 aliphatic rings.